The lowest BCUT2D eigenvalue weighted by Crippen LogP contribution is -2.31. The van der Waals surface area contributed by atoms with Gasteiger partial charge in [-0.2, -0.15) is 5.26 Å². The summed E-state index contributed by atoms with van der Waals surface area (Å²) in [7, 11) is 0. The maximum Gasteiger partial charge on any atom is 0.358 e. The monoisotopic (exact) mass is 374 g/mol. The highest BCUT2D eigenvalue weighted by molar-refractivity contribution is 6.32. The second-order valence-electron chi connectivity index (χ2n) is 4.98. The van der Waals surface area contributed by atoms with Crippen LogP contribution in [-0.4, -0.2) is 11.1 Å². The lowest BCUT2D eigenvalue weighted by molar-refractivity contribution is -0.133. The van der Waals surface area contributed by atoms with E-state index in [2.05, 4.69) is 0 Å². The molecule has 2 rings (SSSR count). The van der Waals surface area contributed by atoms with Crippen molar-refractivity contribution < 1.29 is 19.4 Å². The third-order valence-electron chi connectivity index (χ3n) is 3.21. The van der Waals surface area contributed by atoms with Crippen molar-refractivity contribution in [3.8, 4) is 17.6 Å². The van der Waals surface area contributed by atoms with Crippen molar-refractivity contribution in [1.29, 1.82) is 5.26 Å². The molecule has 0 radical (unpaired) electrons. The van der Waals surface area contributed by atoms with E-state index in [1.165, 1.54) is 18.2 Å². The maximum atomic E-state index is 11.0. The Morgan fingerprint density at radius 2 is 1.96 bits per heavy atom. The molecule has 9 heteroatoms. The molecular weight excluding hydrogens is 360 g/mol. The van der Waals surface area contributed by atoms with E-state index in [0.29, 0.717) is 16.3 Å². The summed E-state index contributed by atoms with van der Waals surface area (Å²) in [5.74, 6) is 3.86. The highest BCUT2D eigenvalue weighted by atomic mass is 35.5. The molecule has 0 saturated heterocycles. The first-order valence-corrected chi connectivity index (χ1v) is 7.61. The van der Waals surface area contributed by atoms with Crippen LogP contribution >= 0.6 is 11.6 Å². The first-order valence-electron chi connectivity index (χ1n) is 7.23. The maximum absolute atomic E-state index is 11.0. The Bertz CT molecular complexity index is 875. The van der Waals surface area contributed by atoms with Crippen LogP contribution < -0.4 is 26.5 Å². The normalized spacial score (nSPS) is 11.1. The van der Waals surface area contributed by atoms with Gasteiger partial charge in [0.05, 0.1) is 16.7 Å². The number of nitrogens with one attached hydrogen (secondary N) is 1. The van der Waals surface area contributed by atoms with Crippen LogP contribution in [0.4, 0.5) is 0 Å². The zero-order chi connectivity index (χ0) is 19.1. The van der Waals surface area contributed by atoms with Crippen LogP contribution in [0.15, 0.2) is 54.0 Å². The summed E-state index contributed by atoms with van der Waals surface area (Å²) in [6.07, 6.45) is 0. The smallest absolute Gasteiger partial charge is 0.358 e. The first kappa shape index (κ1) is 18.9. The number of nitrogens with zero attached hydrogens (tertiary/aromatic N) is 1. The van der Waals surface area contributed by atoms with Crippen molar-refractivity contribution in [2.24, 2.45) is 11.6 Å². The number of ether oxygens (including phenoxy) is 2. The van der Waals surface area contributed by atoms with Crippen LogP contribution in [0.2, 0.25) is 5.02 Å². The molecule has 0 amide bonds. The summed E-state index contributed by atoms with van der Waals surface area (Å²) < 4.78 is 10.9. The van der Waals surface area contributed by atoms with E-state index >= 15 is 0 Å². The molecule has 26 heavy (non-hydrogen) atoms. The molecule has 8 nitrogen and oxygen atoms in total. The summed E-state index contributed by atoms with van der Waals surface area (Å²) in [6.45, 7) is 0.213. The molecule has 0 saturated carbocycles. The van der Waals surface area contributed by atoms with E-state index in [9.17, 15) is 4.79 Å². The Morgan fingerprint density at radius 1 is 1.27 bits per heavy atom. The molecule has 0 aliphatic heterocycles. The van der Waals surface area contributed by atoms with Crippen molar-refractivity contribution in [1.82, 2.24) is 5.43 Å². The minimum absolute atomic E-state index is 0.213. The number of hydrogen-bond donors (Lipinski definition) is 4. The molecule has 0 fully saturated rings. The Balaban J connectivity index is 2.13. The van der Waals surface area contributed by atoms with Gasteiger partial charge in [-0.05, 0) is 29.8 Å². The third-order valence-corrected chi connectivity index (χ3v) is 3.52. The molecule has 0 aliphatic rings. The highest BCUT2D eigenvalue weighted by Gasteiger charge is 2.14. The van der Waals surface area contributed by atoms with Crippen molar-refractivity contribution in [2.45, 2.75) is 6.61 Å². The minimum Gasteiger partial charge on any atom is -0.487 e. The van der Waals surface area contributed by atoms with Crippen molar-refractivity contribution in [2.75, 3.05) is 0 Å². The molecule has 0 bridgehead atoms. The fourth-order valence-corrected chi connectivity index (χ4v) is 2.08. The largest absolute Gasteiger partial charge is 0.487 e. The average Bonchev–Trinajstić information content (AvgIpc) is 2.62. The molecule has 0 aliphatic carbocycles. The molecule has 0 heterocycles. The summed E-state index contributed by atoms with van der Waals surface area (Å²) in [4.78, 5) is 11.0. The van der Waals surface area contributed by atoms with E-state index in [4.69, 9.17) is 43.0 Å². The van der Waals surface area contributed by atoms with Gasteiger partial charge in [-0.25, -0.2) is 4.79 Å². The van der Waals surface area contributed by atoms with Gasteiger partial charge in [0.1, 0.15) is 18.1 Å². The topological polar surface area (TPSA) is 144 Å². The van der Waals surface area contributed by atoms with Crippen molar-refractivity contribution in [3.63, 3.8) is 0 Å². The SMILES string of the molecule is N#Cc1ccc(COc2cc(O/C(N)=C(/NN)C(=O)O)ccc2Cl)cc1. The zero-order valence-corrected chi connectivity index (χ0v) is 14.2. The van der Waals surface area contributed by atoms with E-state index in [1.54, 1.807) is 24.3 Å². The van der Waals surface area contributed by atoms with E-state index in [-0.39, 0.29) is 12.4 Å². The van der Waals surface area contributed by atoms with Gasteiger partial charge in [-0.3, -0.25) is 5.84 Å². The summed E-state index contributed by atoms with van der Waals surface area (Å²) in [6, 6.07) is 13.4. The molecule has 2 aromatic carbocycles. The molecule has 0 aromatic heterocycles. The van der Waals surface area contributed by atoms with Crippen molar-refractivity contribution in [3.05, 3.63) is 70.2 Å². The fraction of sp³-hybridized carbons (Fsp3) is 0.0588. The van der Waals surface area contributed by atoms with Crippen LogP contribution in [0.5, 0.6) is 11.5 Å². The van der Waals surface area contributed by atoms with E-state index in [0.717, 1.165) is 5.56 Å². The number of rotatable bonds is 7. The molecular formula is C17H15ClN4O4. The second kappa shape index (κ2) is 8.62. The number of hydrazine groups is 1. The molecule has 0 unspecified atom stereocenters. The van der Waals surface area contributed by atoms with E-state index in [1.807, 2.05) is 11.5 Å². The van der Waals surface area contributed by atoms with Gasteiger partial charge < -0.3 is 25.7 Å². The first-order chi connectivity index (χ1) is 12.4. The second-order valence-corrected chi connectivity index (χ2v) is 5.39. The third kappa shape index (κ3) is 4.80. The highest BCUT2D eigenvalue weighted by Crippen LogP contribution is 2.30. The summed E-state index contributed by atoms with van der Waals surface area (Å²) in [5.41, 5.74) is 8.43. The van der Waals surface area contributed by atoms with Gasteiger partial charge in [-0.15, -0.1) is 0 Å². The molecule has 134 valence electrons. The number of benzene rings is 2. The van der Waals surface area contributed by atoms with Crippen molar-refractivity contribution >= 4 is 17.6 Å². The Labute approximate surface area is 154 Å². The standard InChI is InChI=1S/C17H15ClN4O4/c18-13-6-5-12(26-16(20)15(22-21)17(23)24)7-14(13)25-9-11-3-1-10(8-19)2-4-11/h1-7,22H,9,20-21H2,(H,23,24)/b16-15+. The van der Waals surface area contributed by atoms with Crippen LogP contribution in [-0.2, 0) is 11.4 Å². The number of aliphatic carboxylic acids is 1. The Kier molecular flexibility index (Phi) is 6.27. The number of nitriles is 1. The summed E-state index contributed by atoms with van der Waals surface area (Å²) in [5, 5.41) is 18.1. The van der Waals surface area contributed by atoms with Crippen LogP contribution in [0.3, 0.4) is 0 Å². The van der Waals surface area contributed by atoms with Gasteiger partial charge in [0.25, 0.3) is 0 Å². The van der Waals surface area contributed by atoms with Gasteiger partial charge in [0, 0.05) is 6.07 Å². The molecule has 6 N–H and O–H groups in total. The quantitative estimate of drug-likeness (QED) is 0.249. The number of hydrogen-bond acceptors (Lipinski definition) is 7. The predicted octanol–water partition coefficient (Wildman–Crippen LogP) is 1.85. The number of carboxylic acids is 1. The summed E-state index contributed by atoms with van der Waals surface area (Å²) >= 11 is 6.09. The van der Waals surface area contributed by atoms with Gasteiger partial charge in [0.2, 0.25) is 5.88 Å². The number of halogens is 1. The Hall–Kier alpha value is -3.41. The molecule has 0 atom stereocenters. The van der Waals surface area contributed by atoms with E-state index < -0.39 is 17.5 Å². The predicted molar refractivity (Wildman–Crippen MR) is 93.7 cm³/mol. The molecule has 2 aromatic rings. The number of carbonyl (C=O) groups is 1. The minimum atomic E-state index is -1.36. The van der Waals surface area contributed by atoms with Crippen LogP contribution in [0.1, 0.15) is 11.1 Å². The lowest BCUT2D eigenvalue weighted by atomic mass is 10.2. The Morgan fingerprint density at radius 3 is 2.54 bits per heavy atom. The van der Waals surface area contributed by atoms with Crippen LogP contribution in [0.25, 0.3) is 0 Å². The molecule has 0 spiro atoms. The fourth-order valence-electron chi connectivity index (χ4n) is 1.91. The number of nitrogens with two attached hydrogens (primary N) is 2. The van der Waals surface area contributed by atoms with Gasteiger partial charge in [0.15, 0.2) is 5.70 Å². The van der Waals surface area contributed by atoms with Crippen LogP contribution in [0, 0.1) is 11.3 Å². The van der Waals surface area contributed by atoms with Gasteiger partial charge in [-0.1, -0.05) is 23.7 Å². The number of carboxylic acid groups (broad SMARTS) is 1. The average molecular weight is 375 g/mol. The van der Waals surface area contributed by atoms with Gasteiger partial charge >= 0.3 is 5.97 Å². The zero-order valence-electron chi connectivity index (χ0n) is 13.4. The lowest BCUT2D eigenvalue weighted by Gasteiger charge is -2.12.